The molecule has 0 radical (unpaired) electrons. The zero-order valence-electron chi connectivity index (χ0n) is 10.00. The van der Waals surface area contributed by atoms with E-state index < -0.39 is 0 Å². The first-order chi connectivity index (χ1) is 8.74. The van der Waals surface area contributed by atoms with Gasteiger partial charge in [-0.3, -0.25) is 9.78 Å². The maximum absolute atomic E-state index is 10.7. The molecule has 0 aliphatic heterocycles. The fourth-order valence-electron chi connectivity index (χ4n) is 1.36. The molecule has 2 rings (SSSR count). The number of hydrogen-bond acceptors (Lipinski definition) is 4. The molecular formula is C14H13NO3. The monoisotopic (exact) mass is 243 g/mol. The zero-order chi connectivity index (χ0) is 12.8. The number of pyridine rings is 1. The van der Waals surface area contributed by atoms with Gasteiger partial charge in [-0.1, -0.05) is 18.2 Å². The van der Waals surface area contributed by atoms with Crippen LogP contribution >= 0.6 is 0 Å². The predicted octanol–water partition coefficient (Wildman–Crippen LogP) is 2.94. The van der Waals surface area contributed by atoms with E-state index in [4.69, 9.17) is 9.47 Å². The van der Waals surface area contributed by atoms with Gasteiger partial charge in [0.25, 0.3) is 0 Å². The van der Waals surface area contributed by atoms with E-state index in [1.165, 1.54) is 6.92 Å². The molecule has 4 heteroatoms. The molecule has 0 saturated heterocycles. The molecule has 0 fully saturated rings. The van der Waals surface area contributed by atoms with Crippen LogP contribution in [0.5, 0.6) is 11.5 Å². The molecule has 18 heavy (non-hydrogen) atoms. The molecule has 0 aliphatic carbocycles. The van der Waals surface area contributed by atoms with Gasteiger partial charge in [-0.15, -0.1) is 0 Å². The van der Waals surface area contributed by atoms with Crippen molar-refractivity contribution in [1.29, 1.82) is 0 Å². The largest absolute Gasteiger partial charge is 0.459 e. The number of carbonyl (C=O) groups excluding carboxylic acids is 1. The molecule has 2 aromatic rings. The first-order valence-electron chi connectivity index (χ1n) is 5.55. The average molecular weight is 243 g/mol. The Bertz CT molecular complexity index is 508. The maximum Gasteiger partial charge on any atom is 0.303 e. The first-order valence-corrected chi connectivity index (χ1v) is 5.55. The van der Waals surface area contributed by atoms with Crippen LogP contribution in [0.3, 0.4) is 0 Å². The Morgan fingerprint density at radius 3 is 2.50 bits per heavy atom. The van der Waals surface area contributed by atoms with Crippen molar-refractivity contribution in [3.63, 3.8) is 0 Å². The lowest BCUT2D eigenvalue weighted by atomic mass is 10.3. The fraction of sp³-hybridized carbons (Fsp3) is 0.143. The molecule has 0 saturated carbocycles. The number of para-hydroxylation sites is 1. The van der Waals surface area contributed by atoms with E-state index in [0.717, 1.165) is 5.75 Å². The highest BCUT2D eigenvalue weighted by molar-refractivity contribution is 5.65. The number of carbonyl (C=O) groups is 1. The molecule has 0 amide bonds. The van der Waals surface area contributed by atoms with Crippen molar-refractivity contribution in [1.82, 2.24) is 4.98 Å². The van der Waals surface area contributed by atoms with Crippen molar-refractivity contribution in [3.8, 4) is 11.5 Å². The molecule has 0 N–H and O–H groups in total. The summed E-state index contributed by atoms with van der Waals surface area (Å²) in [5.41, 5.74) is 0.686. The van der Waals surface area contributed by atoms with Gasteiger partial charge in [0, 0.05) is 6.92 Å². The van der Waals surface area contributed by atoms with Gasteiger partial charge in [0.1, 0.15) is 18.1 Å². The maximum atomic E-state index is 10.7. The van der Waals surface area contributed by atoms with Crippen molar-refractivity contribution in [3.05, 3.63) is 54.4 Å². The molecule has 1 aromatic carbocycles. The van der Waals surface area contributed by atoms with Crippen molar-refractivity contribution in [2.24, 2.45) is 0 Å². The molecule has 0 bridgehead atoms. The van der Waals surface area contributed by atoms with Crippen LogP contribution in [0.2, 0.25) is 0 Å². The minimum atomic E-state index is -0.318. The topological polar surface area (TPSA) is 48.4 Å². The Kier molecular flexibility index (Phi) is 3.91. The third-order valence-electron chi connectivity index (χ3n) is 2.20. The smallest absolute Gasteiger partial charge is 0.303 e. The summed E-state index contributed by atoms with van der Waals surface area (Å²) in [6.07, 6.45) is 1.60. The third kappa shape index (κ3) is 3.59. The Morgan fingerprint density at radius 1 is 1.11 bits per heavy atom. The molecule has 1 aromatic heterocycles. The summed E-state index contributed by atoms with van der Waals surface area (Å²) in [5, 5.41) is 0. The number of nitrogens with zero attached hydrogens (tertiary/aromatic N) is 1. The van der Waals surface area contributed by atoms with Crippen LogP contribution in [0.4, 0.5) is 0 Å². The van der Waals surface area contributed by atoms with Crippen LogP contribution in [-0.2, 0) is 16.1 Å². The van der Waals surface area contributed by atoms with E-state index in [2.05, 4.69) is 4.98 Å². The van der Waals surface area contributed by atoms with E-state index in [0.29, 0.717) is 11.4 Å². The van der Waals surface area contributed by atoms with Gasteiger partial charge in [0.05, 0.1) is 11.9 Å². The van der Waals surface area contributed by atoms with Crippen LogP contribution < -0.4 is 4.74 Å². The SMILES string of the molecule is CC(=O)OCc1ccc(Oc2ccccc2)cn1. The Hall–Kier alpha value is -2.36. The van der Waals surface area contributed by atoms with Crippen LogP contribution in [0, 0.1) is 0 Å². The van der Waals surface area contributed by atoms with Gasteiger partial charge in [-0.25, -0.2) is 0 Å². The molecule has 1 heterocycles. The molecule has 92 valence electrons. The molecular weight excluding hydrogens is 230 g/mol. The summed E-state index contributed by atoms with van der Waals surface area (Å²) in [7, 11) is 0. The highest BCUT2D eigenvalue weighted by Gasteiger charge is 2.00. The van der Waals surface area contributed by atoms with Gasteiger partial charge < -0.3 is 9.47 Å². The van der Waals surface area contributed by atoms with Crippen molar-refractivity contribution in [2.75, 3.05) is 0 Å². The summed E-state index contributed by atoms with van der Waals surface area (Å²) in [4.78, 5) is 14.8. The quantitative estimate of drug-likeness (QED) is 0.774. The van der Waals surface area contributed by atoms with Crippen LogP contribution in [-0.4, -0.2) is 11.0 Å². The van der Waals surface area contributed by atoms with E-state index >= 15 is 0 Å². The number of hydrogen-bond donors (Lipinski definition) is 0. The Balaban J connectivity index is 1.97. The fourth-order valence-corrected chi connectivity index (χ4v) is 1.36. The van der Waals surface area contributed by atoms with Gasteiger partial charge in [-0.05, 0) is 24.3 Å². The van der Waals surface area contributed by atoms with Gasteiger partial charge in [0.15, 0.2) is 0 Å². The van der Waals surface area contributed by atoms with Crippen LogP contribution in [0.25, 0.3) is 0 Å². The lowest BCUT2D eigenvalue weighted by Gasteiger charge is -2.06. The average Bonchev–Trinajstić information content (AvgIpc) is 2.39. The predicted molar refractivity (Wildman–Crippen MR) is 66.2 cm³/mol. The highest BCUT2D eigenvalue weighted by Crippen LogP contribution is 2.19. The molecule has 0 atom stereocenters. The van der Waals surface area contributed by atoms with Gasteiger partial charge in [0.2, 0.25) is 0 Å². The third-order valence-corrected chi connectivity index (χ3v) is 2.20. The minimum Gasteiger partial charge on any atom is -0.459 e. The summed E-state index contributed by atoms with van der Waals surface area (Å²) >= 11 is 0. The summed E-state index contributed by atoms with van der Waals surface area (Å²) < 4.78 is 10.4. The second kappa shape index (κ2) is 5.82. The number of benzene rings is 1. The summed E-state index contributed by atoms with van der Waals surface area (Å²) in [6, 6.07) is 13.0. The second-order valence-electron chi connectivity index (χ2n) is 3.68. The van der Waals surface area contributed by atoms with Gasteiger partial charge >= 0.3 is 5.97 Å². The van der Waals surface area contributed by atoms with E-state index in [9.17, 15) is 4.79 Å². The van der Waals surface area contributed by atoms with E-state index in [1.54, 1.807) is 18.3 Å². The van der Waals surface area contributed by atoms with E-state index in [1.807, 2.05) is 30.3 Å². The minimum absolute atomic E-state index is 0.181. The standard InChI is InChI=1S/C14H13NO3/c1-11(16)17-10-12-7-8-14(9-15-12)18-13-5-3-2-4-6-13/h2-9H,10H2,1H3. The van der Waals surface area contributed by atoms with Crippen molar-refractivity contribution >= 4 is 5.97 Å². The number of aromatic nitrogens is 1. The molecule has 0 spiro atoms. The summed E-state index contributed by atoms with van der Waals surface area (Å²) in [5.74, 6) is 1.08. The lowest BCUT2D eigenvalue weighted by Crippen LogP contribution is -2.00. The lowest BCUT2D eigenvalue weighted by molar-refractivity contribution is -0.142. The number of esters is 1. The highest BCUT2D eigenvalue weighted by atomic mass is 16.5. The van der Waals surface area contributed by atoms with E-state index in [-0.39, 0.29) is 12.6 Å². The number of rotatable bonds is 4. The molecule has 0 aliphatic rings. The molecule has 4 nitrogen and oxygen atoms in total. The van der Waals surface area contributed by atoms with Crippen molar-refractivity contribution < 1.29 is 14.3 Å². The van der Waals surface area contributed by atoms with Gasteiger partial charge in [-0.2, -0.15) is 0 Å². The zero-order valence-corrected chi connectivity index (χ0v) is 10.00. The molecule has 0 unspecified atom stereocenters. The summed E-state index contributed by atoms with van der Waals surface area (Å²) in [6.45, 7) is 1.55. The van der Waals surface area contributed by atoms with Crippen molar-refractivity contribution in [2.45, 2.75) is 13.5 Å². The number of ether oxygens (including phenoxy) is 2. The van der Waals surface area contributed by atoms with Crippen LogP contribution in [0.1, 0.15) is 12.6 Å². The second-order valence-corrected chi connectivity index (χ2v) is 3.68. The Morgan fingerprint density at radius 2 is 1.89 bits per heavy atom. The first kappa shape index (κ1) is 12.1. The Labute approximate surface area is 105 Å². The van der Waals surface area contributed by atoms with Crippen LogP contribution in [0.15, 0.2) is 48.7 Å². The normalized spacial score (nSPS) is 9.83.